The zero-order chi connectivity index (χ0) is 25.7. The number of aliphatic hydroxyl groups excluding tert-OH is 1. The Morgan fingerprint density at radius 2 is 1.83 bits per heavy atom. The summed E-state index contributed by atoms with van der Waals surface area (Å²) in [5.74, 6) is 0.564. The molecule has 0 aliphatic carbocycles. The van der Waals surface area contributed by atoms with Gasteiger partial charge in [-0.3, -0.25) is 4.90 Å². The van der Waals surface area contributed by atoms with Gasteiger partial charge in [-0.2, -0.15) is 5.26 Å². The number of nitriles is 1. The smallest absolute Gasteiger partial charge is 0.187 e. The van der Waals surface area contributed by atoms with Gasteiger partial charge in [0.25, 0.3) is 0 Å². The van der Waals surface area contributed by atoms with Crippen LogP contribution in [0.4, 0.5) is 11.4 Å². The van der Waals surface area contributed by atoms with Gasteiger partial charge in [0.05, 0.1) is 30.0 Å². The Morgan fingerprint density at radius 3 is 2.47 bits per heavy atom. The summed E-state index contributed by atoms with van der Waals surface area (Å²) in [6.45, 7) is 13.5. The van der Waals surface area contributed by atoms with E-state index in [1.165, 1.54) is 5.56 Å². The Labute approximate surface area is 217 Å². The molecule has 1 fully saturated rings. The van der Waals surface area contributed by atoms with Crippen molar-refractivity contribution >= 4 is 23.0 Å². The fourth-order valence-electron chi connectivity index (χ4n) is 4.61. The number of hydrogen-bond acceptors (Lipinski definition) is 5. The van der Waals surface area contributed by atoms with Gasteiger partial charge in [0.15, 0.2) is 5.69 Å². The standard InChI is InChI=1S/C29H29ClN4O2/c1-20(35)19-36-27-12-13-28(24(16-27)17-31)34-15-14-33(18-29(34)23-4-8-25(30)9-5-23)21(2)22-6-10-26(32-3)11-7-22/h4-13,16,20-21,29,35H,14-15,18-19H2,1-2H3/t20-,21+,29-/m0/s1. The highest BCUT2D eigenvalue weighted by Crippen LogP contribution is 2.37. The molecule has 0 bridgehead atoms. The molecule has 0 unspecified atom stereocenters. The second-order valence-electron chi connectivity index (χ2n) is 9.09. The molecule has 0 aromatic heterocycles. The van der Waals surface area contributed by atoms with Crippen LogP contribution in [-0.4, -0.2) is 42.4 Å². The lowest BCUT2D eigenvalue weighted by molar-refractivity contribution is 0.122. The van der Waals surface area contributed by atoms with Crippen molar-refractivity contribution in [1.82, 2.24) is 4.90 Å². The molecule has 3 aromatic carbocycles. The quantitative estimate of drug-likeness (QED) is 0.394. The zero-order valence-corrected chi connectivity index (χ0v) is 21.2. The Kier molecular flexibility index (Phi) is 8.13. The summed E-state index contributed by atoms with van der Waals surface area (Å²) in [6.07, 6.45) is -0.586. The first-order chi connectivity index (χ1) is 17.4. The van der Waals surface area contributed by atoms with Crippen LogP contribution in [0.1, 0.15) is 42.6 Å². The normalized spacial score (nSPS) is 17.6. The van der Waals surface area contributed by atoms with Crippen LogP contribution < -0.4 is 9.64 Å². The SMILES string of the molecule is [C-]#[N+]c1ccc([C@@H](C)N2CCN(c3ccc(OC[C@H](C)O)cc3C#N)[C@H](c3ccc(Cl)cc3)C2)cc1. The van der Waals surface area contributed by atoms with E-state index in [4.69, 9.17) is 22.9 Å². The molecule has 1 heterocycles. The number of anilines is 1. The summed E-state index contributed by atoms with van der Waals surface area (Å²) in [5.41, 5.74) is 4.32. The van der Waals surface area contributed by atoms with Crippen molar-refractivity contribution in [2.45, 2.75) is 32.0 Å². The van der Waals surface area contributed by atoms with Gasteiger partial charge in [-0.25, -0.2) is 4.85 Å². The van der Waals surface area contributed by atoms with Crippen molar-refractivity contribution in [3.8, 4) is 11.8 Å². The molecule has 7 heteroatoms. The van der Waals surface area contributed by atoms with Gasteiger partial charge in [0, 0.05) is 30.7 Å². The van der Waals surface area contributed by atoms with Gasteiger partial charge in [-0.15, -0.1) is 0 Å². The second-order valence-corrected chi connectivity index (χ2v) is 9.52. The summed E-state index contributed by atoms with van der Waals surface area (Å²) in [6, 6.07) is 23.7. The molecule has 1 aliphatic rings. The van der Waals surface area contributed by atoms with E-state index in [0.29, 0.717) is 22.0 Å². The molecule has 1 aliphatic heterocycles. The van der Waals surface area contributed by atoms with Gasteiger partial charge in [0.2, 0.25) is 0 Å². The van der Waals surface area contributed by atoms with Crippen molar-refractivity contribution in [2.24, 2.45) is 0 Å². The number of benzene rings is 3. The molecule has 4 rings (SSSR count). The van der Waals surface area contributed by atoms with E-state index in [0.717, 1.165) is 30.9 Å². The Bertz CT molecular complexity index is 1260. The van der Waals surface area contributed by atoms with Crippen LogP contribution in [0.15, 0.2) is 66.7 Å². The molecular formula is C29H29ClN4O2. The van der Waals surface area contributed by atoms with Crippen LogP contribution in [0.5, 0.6) is 5.75 Å². The number of hydrogen-bond donors (Lipinski definition) is 1. The molecule has 0 saturated carbocycles. The third-order valence-corrected chi connectivity index (χ3v) is 6.86. The molecule has 0 amide bonds. The van der Waals surface area contributed by atoms with Crippen molar-refractivity contribution in [1.29, 1.82) is 5.26 Å². The molecule has 36 heavy (non-hydrogen) atoms. The topological polar surface area (TPSA) is 64.1 Å². The van der Waals surface area contributed by atoms with E-state index in [2.05, 4.69) is 27.6 Å². The number of piperazine rings is 1. The zero-order valence-electron chi connectivity index (χ0n) is 20.4. The highest BCUT2D eigenvalue weighted by atomic mass is 35.5. The first-order valence-corrected chi connectivity index (χ1v) is 12.4. The lowest BCUT2D eigenvalue weighted by Gasteiger charge is -2.45. The minimum atomic E-state index is -0.586. The fourth-order valence-corrected chi connectivity index (χ4v) is 4.74. The van der Waals surface area contributed by atoms with Crippen LogP contribution in [0.2, 0.25) is 5.02 Å². The molecule has 3 aromatic rings. The van der Waals surface area contributed by atoms with Gasteiger partial charge >= 0.3 is 0 Å². The van der Waals surface area contributed by atoms with Crippen LogP contribution in [-0.2, 0) is 0 Å². The van der Waals surface area contributed by atoms with Gasteiger partial charge in [-0.1, -0.05) is 48.0 Å². The maximum Gasteiger partial charge on any atom is 0.187 e. The maximum absolute atomic E-state index is 9.95. The predicted molar refractivity (Wildman–Crippen MR) is 143 cm³/mol. The van der Waals surface area contributed by atoms with Crippen LogP contribution >= 0.6 is 11.6 Å². The lowest BCUT2D eigenvalue weighted by Crippen LogP contribution is -2.49. The molecule has 184 valence electrons. The Hall–Kier alpha value is -3.55. The highest BCUT2D eigenvalue weighted by Gasteiger charge is 2.32. The number of aliphatic hydroxyl groups is 1. The molecule has 1 saturated heterocycles. The van der Waals surface area contributed by atoms with Gasteiger partial charge in [-0.05, 0) is 55.3 Å². The molecule has 6 nitrogen and oxygen atoms in total. The molecule has 1 N–H and O–H groups in total. The summed E-state index contributed by atoms with van der Waals surface area (Å²) in [4.78, 5) is 8.22. The lowest BCUT2D eigenvalue weighted by atomic mass is 9.97. The Morgan fingerprint density at radius 1 is 1.11 bits per heavy atom. The minimum absolute atomic E-state index is 0.0114. The molecular weight excluding hydrogens is 472 g/mol. The van der Waals surface area contributed by atoms with Crippen molar-refractivity contribution < 1.29 is 9.84 Å². The van der Waals surface area contributed by atoms with E-state index in [1.54, 1.807) is 13.0 Å². The minimum Gasteiger partial charge on any atom is -0.491 e. The van der Waals surface area contributed by atoms with E-state index in [9.17, 15) is 10.4 Å². The highest BCUT2D eigenvalue weighted by molar-refractivity contribution is 6.30. The van der Waals surface area contributed by atoms with Crippen LogP contribution in [0.25, 0.3) is 4.85 Å². The number of ether oxygens (including phenoxy) is 1. The second kappa shape index (κ2) is 11.5. The number of rotatable bonds is 7. The van der Waals surface area contributed by atoms with E-state index in [-0.39, 0.29) is 18.7 Å². The Balaban J connectivity index is 1.64. The molecule has 0 spiro atoms. The summed E-state index contributed by atoms with van der Waals surface area (Å²) < 4.78 is 5.63. The van der Waals surface area contributed by atoms with E-state index >= 15 is 0 Å². The summed E-state index contributed by atoms with van der Waals surface area (Å²) in [7, 11) is 0. The molecule has 3 atom stereocenters. The summed E-state index contributed by atoms with van der Waals surface area (Å²) >= 11 is 6.19. The number of halogens is 1. The third-order valence-electron chi connectivity index (χ3n) is 6.61. The van der Waals surface area contributed by atoms with Crippen LogP contribution in [0, 0.1) is 17.9 Å². The fraction of sp³-hybridized carbons (Fsp3) is 0.310. The third kappa shape index (κ3) is 5.80. The number of nitrogens with zero attached hydrogens (tertiary/aromatic N) is 4. The van der Waals surface area contributed by atoms with Crippen molar-refractivity contribution in [2.75, 3.05) is 31.1 Å². The van der Waals surface area contributed by atoms with Gasteiger partial charge < -0.3 is 14.7 Å². The van der Waals surface area contributed by atoms with Crippen molar-refractivity contribution in [3.63, 3.8) is 0 Å². The first kappa shape index (κ1) is 25.5. The predicted octanol–water partition coefficient (Wildman–Crippen LogP) is 6.15. The average Bonchev–Trinajstić information content (AvgIpc) is 2.91. The molecule has 0 radical (unpaired) electrons. The van der Waals surface area contributed by atoms with Gasteiger partial charge in [0.1, 0.15) is 18.4 Å². The monoisotopic (exact) mass is 500 g/mol. The van der Waals surface area contributed by atoms with Crippen LogP contribution in [0.3, 0.4) is 0 Å². The first-order valence-electron chi connectivity index (χ1n) is 12.0. The van der Waals surface area contributed by atoms with E-state index < -0.39 is 6.10 Å². The van der Waals surface area contributed by atoms with Crippen molar-refractivity contribution in [3.05, 3.63) is 99.9 Å². The summed E-state index contributed by atoms with van der Waals surface area (Å²) in [5, 5.41) is 20.2. The van der Waals surface area contributed by atoms with E-state index in [1.807, 2.05) is 60.7 Å². The average molecular weight is 501 g/mol. The maximum atomic E-state index is 9.95. The largest absolute Gasteiger partial charge is 0.491 e.